The largest absolute Gasteiger partial charge is 0.423 e. The van der Waals surface area contributed by atoms with Crippen LogP contribution in [0.15, 0.2) is 61.2 Å². The minimum Gasteiger partial charge on any atom is -0.423 e. The first-order valence-corrected chi connectivity index (χ1v) is 11.1. The smallest absolute Gasteiger partial charge is 0.343 e. The van der Waals surface area contributed by atoms with Crippen LogP contribution >= 0.6 is 0 Å². The number of aromatic nitrogens is 6. The summed E-state index contributed by atoms with van der Waals surface area (Å²) in [6, 6.07) is 12.1. The summed E-state index contributed by atoms with van der Waals surface area (Å²) in [6.45, 7) is 1.88. The Labute approximate surface area is 203 Å². The fraction of sp³-hybridized carbons (Fsp3) is 0.120. The van der Waals surface area contributed by atoms with E-state index < -0.39 is 11.8 Å². The van der Waals surface area contributed by atoms with Gasteiger partial charge in [0.15, 0.2) is 11.5 Å². The van der Waals surface area contributed by atoms with Crippen molar-refractivity contribution in [2.24, 2.45) is 0 Å². The number of amides is 1. The van der Waals surface area contributed by atoms with Crippen molar-refractivity contribution in [3.05, 3.63) is 89.4 Å². The monoisotopic (exact) mass is 483 g/mol. The Bertz CT molecular complexity index is 1620. The molecule has 0 bridgehead atoms. The molecule has 4 heterocycles. The van der Waals surface area contributed by atoms with Gasteiger partial charge in [-0.1, -0.05) is 12.1 Å². The number of fused-ring (bicyclic) bond motifs is 2. The molecule has 0 saturated heterocycles. The highest BCUT2D eigenvalue weighted by Crippen LogP contribution is 2.40. The van der Waals surface area contributed by atoms with E-state index in [9.17, 15) is 14.0 Å². The van der Waals surface area contributed by atoms with E-state index in [4.69, 9.17) is 4.74 Å². The van der Waals surface area contributed by atoms with Crippen LogP contribution in [0.4, 0.5) is 10.2 Å². The lowest BCUT2D eigenvalue weighted by atomic mass is 9.86. The number of aryl methyl sites for hydroxylation is 1. The molecule has 1 aliphatic rings. The predicted octanol–water partition coefficient (Wildman–Crippen LogP) is 3.68. The Morgan fingerprint density at radius 1 is 1.08 bits per heavy atom. The number of hydrogen-bond acceptors (Lipinski definition) is 7. The molecular weight excluding hydrogens is 465 g/mol. The van der Waals surface area contributed by atoms with Gasteiger partial charge in [-0.3, -0.25) is 4.79 Å². The fourth-order valence-corrected chi connectivity index (χ4v) is 4.42. The van der Waals surface area contributed by atoms with Gasteiger partial charge in [-0.15, -0.1) is 0 Å². The predicted molar refractivity (Wildman–Crippen MR) is 126 cm³/mol. The summed E-state index contributed by atoms with van der Waals surface area (Å²) in [5.74, 6) is -0.0864. The molecule has 5 aromatic rings. The molecule has 2 N–H and O–H groups in total. The minimum atomic E-state index is -0.589. The van der Waals surface area contributed by atoms with E-state index in [2.05, 4.69) is 30.4 Å². The van der Waals surface area contributed by atoms with E-state index in [1.165, 1.54) is 36.9 Å². The number of hydrogen-bond donors (Lipinski definition) is 2. The molecule has 3 aromatic heterocycles. The molecule has 1 aliphatic heterocycles. The number of carbonyl (C=O) groups excluding carboxylic acids is 2. The van der Waals surface area contributed by atoms with Crippen molar-refractivity contribution in [1.82, 2.24) is 29.7 Å². The van der Waals surface area contributed by atoms with E-state index in [-0.39, 0.29) is 23.8 Å². The van der Waals surface area contributed by atoms with Gasteiger partial charge in [-0.25, -0.2) is 24.1 Å². The number of esters is 1. The van der Waals surface area contributed by atoms with Gasteiger partial charge < -0.3 is 15.0 Å². The zero-order chi connectivity index (χ0) is 24.8. The highest BCUT2D eigenvalue weighted by molar-refractivity contribution is 5.95. The SMILES string of the molecule is Cc1nn(-c2ncnc3nc[nH]c23)c2c1[C@@H](c1ccc(OC(=O)c3ccc(F)cc3)cc1)CC(=O)N2. The highest BCUT2D eigenvalue weighted by Gasteiger charge is 2.33. The summed E-state index contributed by atoms with van der Waals surface area (Å²) in [5, 5.41) is 7.60. The second-order valence-electron chi connectivity index (χ2n) is 8.33. The van der Waals surface area contributed by atoms with Crippen LogP contribution in [0.3, 0.4) is 0 Å². The number of benzene rings is 2. The van der Waals surface area contributed by atoms with E-state index in [1.807, 2.05) is 19.1 Å². The molecule has 1 atom stereocenters. The molecule has 0 spiro atoms. The van der Waals surface area contributed by atoms with Gasteiger partial charge in [0.2, 0.25) is 5.91 Å². The van der Waals surface area contributed by atoms with Crippen molar-refractivity contribution in [2.45, 2.75) is 19.3 Å². The molecule has 0 unspecified atom stereocenters. The van der Waals surface area contributed by atoms with Crippen molar-refractivity contribution in [1.29, 1.82) is 0 Å². The number of rotatable bonds is 4. The highest BCUT2D eigenvalue weighted by atomic mass is 19.1. The molecule has 0 aliphatic carbocycles. The maximum atomic E-state index is 13.1. The molecule has 0 radical (unpaired) electrons. The average Bonchev–Trinajstić information content (AvgIpc) is 3.49. The number of imidazole rings is 1. The molecule has 1 amide bonds. The Hall–Kier alpha value is -4.93. The third kappa shape index (κ3) is 3.66. The number of nitrogens with one attached hydrogen (secondary N) is 2. The van der Waals surface area contributed by atoms with Gasteiger partial charge in [-0.05, 0) is 48.9 Å². The number of carbonyl (C=O) groups is 2. The summed E-state index contributed by atoms with van der Waals surface area (Å²) < 4.78 is 20.1. The van der Waals surface area contributed by atoms with Gasteiger partial charge >= 0.3 is 5.97 Å². The average molecular weight is 483 g/mol. The van der Waals surface area contributed by atoms with Gasteiger partial charge in [0.25, 0.3) is 0 Å². The van der Waals surface area contributed by atoms with E-state index in [0.717, 1.165) is 16.8 Å². The van der Waals surface area contributed by atoms with Crippen molar-refractivity contribution >= 4 is 28.9 Å². The van der Waals surface area contributed by atoms with E-state index >= 15 is 0 Å². The van der Waals surface area contributed by atoms with Crippen LogP contribution in [-0.4, -0.2) is 41.6 Å². The number of H-pyrrole nitrogens is 1. The quantitative estimate of drug-likeness (QED) is 0.295. The maximum absolute atomic E-state index is 13.1. The van der Waals surface area contributed by atoms with Gasteiger partial charge in [0.05, 0.1) is 17.6 Å². The van der Waals surface area contributed by atoms with E-state index in [1.54, 1.807) is 16.8 Å². The summed E-state index contributed by atoms with van der Waals surface area (Å²) >= 11 is 0. The first-order chi connectivity index (χ1) is 17.5. The Morgan fingerprint density at radius 3 is 2.64 bits per heavy atom. The summed E-state index contributed by atoms with van der Waals surface area (Å²) in [4.78, 5) is 40.7. The summed E-state index contributed by atoms with van der Waals surface area (Å²) in [7, 11) is 0. The normalized spacial score (nSPS) is 14.9. The van der Waals surface area contributed by atoms with E-state index in [0.29, 0.717) is 28.5 Å². The van der Waals surface area contributed by atoms with Crippen LogP contribution in [0, 0.1) is 12.7 Å². The zero-order valence-electron chi connectivity index (χ0n) is 18.9. The summed E-state index contributed by atoms with van der Waals surface area (Å²) in [6.07, 6.45) is 3.16. The molecule has 0 saturated carbocycles. The molecule has 36 heavy (non-hydrogen) atoms. The Balaban J connectivity index is 1.32. The molecule has 178 valence electrons. The number of halogens is 1. The van der Waals surface area contributed by atoms with Crippen LogP contribution in [0.2, 0.25) is 0 Å². The number of anilines is 1. The second kappa shape index (κ2) is 8.38. The maximum Gasteiger partial charge on any atom is 0.343 e. The van der Waals surface area contributed by atoms with Crippen LogP contribution in [-0.2, 0) is 4.79 Å². The Kier molecular flexibility index (Phi) is 5.03. The lowest BCUT2D eigenvalue weighted by molar-refractivity contribution is -0.116. The van der Waals surface area contributed by atoms with Crippen LogP contribution in [0.5, 0.6) is 5.75 Å². The van der Waals surface area contributed by atoms with Gasteiger partial charge in [0.1, 0.15) is 29.2 Å². The molecule has 6 rings (SSSR count). The lowest BCUT2D eigenvalue weighted by Gasteiger charge is -2.24. The molecular formula is C25H18FN7O3. The molecule has 11 heteroatoms. The molecule has 2 aromatic carbocycles. The third-order valence-electron chi connectivity index (χ3n) is 6.08. The number of ether oxygens (including phenoxy) is 1. The van der Waals surface area contributed by atoms with Gasteiger partial charge in [-0.2, -0.15) is 9.78 Å². The lowest BCUT2D eigenvalue weighted by Crippen LogP contribution is -2.25. The first kappa shape index (κ1) is 21.6. The van der Waals surface area contributed by atoms with Crippen molar-refractivity contribution in [3.63, 3.8) is 0 Å². The zero-order valence-corrected chi connectivity index (χ0v) is 18.9. The standard InChI is InChI=1S/C25H18FN7O3/c1-13-20-18(14-4-8-17(9-5-14)36-25(35)15-2-6-16(26)7-3-15)10-19(34)31-23(20)33(32-13)24-21-22(28-11-27-21)29-12-30-24/h2-9,11-12,18H,10H2,1H3,(H,31,34)(H,27,28,29,30)/t18-/m1/s1. The topological polar surface area (TPSA) is 128 Å². The Morgan fingerprint density at radius 2 is 1.86 bits per heavy atom. The summed E-state index contributed by atoms with van der Waals surface area (Å²) in [5.41, 5.74) is 3.82. The van der Waals surface area contributed by atoms with Gasteiger partial charge in [0, 0.05) is 17.9 Å². The van der Waals surface area contributed by atoms with Crippen molar-refractivity contribution in [3.8, 4) is 11.6 Å². The van der Waals surface area contributed by atoms with Crippen LogP contribution in [0.25, 0.3) is 17.0 Å². The molecule has 0 fully saturated rings. The van der Waals surface area contributed by atoms with Crippen molar-refractivity contribution in [2.75, 3.05) is 5.32 Å². The number of nitrogens with zero attached hydrogens (tertiary/aromatic N) is 5. The van der Waals surface area contributed by atoms with Crippen LogP contribution in [0.1, 0.15) is 39.5 Å². The first-order valence-electron chi connectivity index (χ1n) is 11.1. The van der Waals surface area contributed by atoms with Crippen molar-refractivity contribution < 1.29 is 18.7 Å². The third-order valence-corrected chi connectivity index (χ3v) is 6.08. The van der Waals surface area contributed by atoms with Crippen LogP contribution < -0.4 is 10.1 Å². The molecule has 10 nitrogen and oxygen atoms in total. The fourth-order valence-electron chi connectivity index (χ4n) is 4.42. The minimum absolute atomic E-state index is 0.157. The second-order valence-corrected chi connectivity index (χ2v) is 8.33. The number of aromatic amines is 1.